The lowest BCUT2D eigenvalue weighted by atomic mass is 10.0. The number of hydrogen-bond donors (Lipinski definition) is 2. The topological polar surface area (TPSA) is 57.9 Å². The Hall–Kier alpha value is -1.88. The first-order chi connectivity index (χ1) is 10.1. The highest BCUT2D eigenvalue weighted by Crippen LogP contribution is 2.21. The van der Waals surface area contributed by atoms with E-state index >= 15 is 0 Å². The molecular weight excluding hydrogens is 284 g/mol. The molecule has 0 atom stereocenters. The van der Waals surface area contributed by atoms with Crippen LogP contribution in [0.25, 0.3) is 0 Å². The highest BCUT2D eigenvalue weighted by atomic mass is 32.1. The van der Waals surface area contributed by atoms with Crippen LogP contribution in [0.15, 0.2) is 29.1 Å². The van der Waals surface area contributed by atoms with Gasteiger partial charge in [-0.1, -0.05) is 31.5 Å². The highest BCUT2D eigenvalue weighted by molar-refractivity contribution is 7.71. The van der Waals surface area contributed by atoms with E-state index in [-0.39, 0.29) is 5.56 Å². The lowest BCUT2D eigenvalue weighted by molar-refractivity contribution is 0.306. The SMILES string of the molecule is CCCCOc1ccccc1Cc1c(C)[nH]c(=S)[nH]c1=O. The van der Waals surface area contributed by atoms with Gasteiger partial charge >= 0.3 is 0 Å². The quantitative estimate of drug-likeness (QED) is 0.634. The van der Waals surface area contributed by atoms with Gasteiger partial charge in [0.15, 0.2) is 4.77 Å². The molecule has 0 bridgehead atoms. The Morgan fingerprint density at radius 2 is 2.00 bits per heavy atom. The smallest absolute Gasteiger partial charge is 0.255 e. The molecule has 0 saturated heterocycles. The number of aromatic nitrogens is 2. The number of nitrogens with one attached hydrogen (secondary N) is 2. The maximum absolute atomic E-state index is 12.1. The highest BCUT2D eigenvalue weighted by Gasteiger charge is 2.10. The van der Waals surface area contributed by atoms with Crippen LogP contribution >= 0.6 is 12.2 Å². The Morgan fingerprint density at radius 1 is 1.24 bits per heavy atom. The second-order valence-electron chi connectivity index (χ2n) is 5.00. The largest absolute Gasteiger partial charge is 0.493 e. The molecule has 0 fully saturated rings. The number of aromatic amines is 2. The van der Waals surface area contributed by atoms with Gasteiger partial charge in [-0.15, -0.1) is 0 Å². The molecule has 5 heteroatoms. The van der Waals surface area contributed by atoms with E-state index in [1.165, 1.54) is 0 Å². The van der Waals surface area contributed by atoms with Crippen LogP contribution < -0.4 is 10.3 Å². The Balaban J connectivity index is 2.28. The normalized spacial score (nSPS) is 10.6. The van der Waals surface area contributed by atoms with Crippen molar-refractivity contribution in [1.82, 2.24) is 9.97 Å². The van der Waals surface area contributed by atoms with Crippen LogP contribution in [0, 0.1) is 11.7 Å². The summed E-state index contributed by atoms with van der Waals surface area (Å²) in [6.07, 6.45) is 2.64. The molecule has 0 aliphatic heterocycles. The van der Waals surface area contributed by atoms with E-state index in [1.54, 1.807) is 0 Å². The van der Waals surface area contributed by atoms with Gasteiger partial charge in [0.05, 0.1) is 6.61 Å². The fraction of sp³-hybridized carbons (Fsp3) is 0.375. The second kappa shape index (κ2) is 7.22. The Bertz CT molecular complexity index is 719. The van der Waals surface area contributed by atoms with Crippen molar-refractivity contribution in [2.45, 2.75) is 33.1 Å². The van der Waals surface area contributed by atoms with Crippen molar-refractivity contribution in [1.29, 1.82) is 0 Å². The van der Waals surface area contributed by atoms with Crippen molar-refractivity contribution in [2.24, 2.45) is 0 Å². The van der Waals surface area contributed by atoms with Crippen molar-refractivity contribution in [3.05, 3.63) is 56.2 Å². The molecule has 0 saturated carbocycles. The summed E-state index contributed by atoms with van der Waals surface area (Å²) in [5, 5.41) is 0. The molecule has 2 aromatic rings. The van der Waals surface area contributed by atoms with Gasteiger partial charge in [0.2, 0.25) is 0 Å². The van der Waals surface area contributed by atoms with Gasteiger partial charge in [0, 0.05) is 17.7 Å². The molecule has 1 aromatic heterocycles. The van der Waals surface area contributed by atoms with Crippen molar-refractivity contribution in [3.63, 3.8) is 0 Å². The predicted octanol–water partition coefficient (Wildman–Crippen LogP) is 3.51. The zero-order valence-electron chi connectivity index (χ0n) is 12.4. The average molecular weight is 304 g/mol. The van der Waals surface area contributed by atoms with Gasteiger partial charge in [-0.3, -0.25) is 9.78 Å². The number of para-hydroxylation sites is 1. The van der Waals surface area contributed by atoms with Crippen LogP contribution in [0.5, 0.6) is 5.75 Å². The number of rotatable bonds is 6. The first kappa shape index (κ1) is 15.5. The third-order valence-electron chi connectivity index (χ3n) is 3.35. The number of aryl methyl sites for hydroxylation is 1. The molecule has 2 N–H and O–H groups in total. The number of ether oxygens (including phenoxy) is 1. The summed E-state index contributed by atoms with van der Waals surface area (Å²) < 4.78 is 6.17. The molecule has 0 spiro atoms. The fourth-order valence-electron chi connectivity index (χ4n) is 2.15. The van der Waals surface area contributed by atoms with E-state index in [2.05, 4.69) is 16.9 Å². The van der Waals surface area contributed by atoms with Crippen molar-refractivity contribution in [3.8, 4) is 5.75 Å². The minimum absolute atomic E-state index is 0.139. The van der Waals surface area contributed by atoms with Crippen LogP contribution in [0.3, 0.4) is 0 Å². The molecule has 0 radical (unpaired) electrons. The molecule has 0 aliphatic rings. The molecule has 4 nitrogen and oxygen atoms in total. The molecule has 2 rings (SSSR count). The Labute approximate surface area is 129 Å². The van der Waals surface area contributed by atoms with Crippen molar-refractivity contribution < 1.29 is 4.74 Å². The molecule has 0 unspecified atom stereocenters. The number of benzene rings is 1. The summed E-state index contributed by atoms with van der Waals surface area (Å²) in [4.78, 5) is 17.7. The van der Waals surface area contributed by atoms with Gasteiger partial charge in [-0.05, 0) is 37.2 Å². The number of H-pyrrole nitrogens is 2. The molecule has 112 valence electrons. The van der Waals surface area contributed by atoms with Crippen LogP contribution in [0.4, 0.5) is 0 Å². The van der Waals surface area contributed by atoms with Crippen LogP contribution in [-0.4, -0.2) is 16.6 Å². The minimum atomic E-state index is -0.139. The van der Waals surface area contributed by atoms with Crippen molar-refractivity contribution in [2.75, 3.05) is 6.61 Å². The Kier molecular flexibility index (Phi) is 5.33. The van der Waals surface area contributed by atoms with Crippen LogP contribution in [0.2, 0.25) is 0 Å². The zero-order valence-corrected chi connectivity index (χ0v) is 13.2. The minimum Gasteiger partial charge on any atom is -0.493 e. The standard InChI is InChI=1S/C16H20N2O2S/c1-3-4-9-20-14-8-6-5-7-12(14)10-13-11(2)17-16(21)18-15(13)19/h5-8H,3-4,9-10H2,1-2H3,(H2,17,18,19,21). The lowest BCUT2D eigenvalue weighted by Crippen LogP contribution is -2.17. The summed E-state index contributed by atoms with van der Waals surface area (Å²) in [5.74, 6) is 0.840. The van der Waals surface area contributed by atoms with Crippen molar-refractivity contribution >= 4 is 12.2 Å². The van der Waals surface area contributed by atoms with E-state index in [1.807, 2.05) is 31.2 Å². The summed E-state index contributed by atoms with van der Waals surface area (Å²) in [6.45, 7) is 4.69. The molecule has 21 heavy (non-hydrogen) atoms. The summed E-state index contributed by atoms with van der Waals surface area (Å²) in [5.41, 5.74) is 2.36. The zero-order chi connectivity index (χ0) is 15.2. The first-order valence-electron chi connectivity index (χ1n) is 7.14. The lowest BCUT2D eigenvalue weighted by Gasteiger charge is -2.12. The fourth-order valence-corrected chi connectivity index (χ4v) is 2.39. The second-order valence-corrected chi connectivity index (χ2v) is 5.41. The summed E-state index contributed by atoms with van der Waals surface area (Å²) in [6, 6.07) is 7.83. The summed E-state index contributed by atoms with van der Waals surface area (Å²) in [7, 11) is 0. The third-order valence-corrected chi connectivity index (χ3v) is 3.55. The first-order valence-corrected chi connectivity index (χ1v) is 7.55. The molecule has 0 aliphatic carbocycles. The molecule has 1 heterocycles. The van der Waals surface area contributed by atoms with E-state index in [0.29, 0.717) is 23.4 Å². The maximum atomic E-state index is 12.1. The van der Waals surface area contributed by atoms with Gasteiger partial charge in [0.25, 0.3) is 5.56 Å². The maximum Gasteiger partial charge on any atom is 0.255 e. The Morgan fingerprint density at radius 3 is 2.71 bits per heavy atom. The van der Waals surface area contributed by atoms with E-state index in [0.717, 1.165) is 29.8 Å². The third kappa shape index (κ3) is 4.04. The van der Waals surface area contributed by atoms with E-state index < -0.39 is 0 Å². The predicted molar refractivity (Wildman–Crippen MR) is 86.6 cm³/mol. The van der Waals surface area contributed by atoms with Crippen LogP contribution in [0.1, 0.15) is 36.6 Å². The number of hydrogen-bond acceptors (Lipinski definition) is 3. The van der Waals surface area contributed by atoms with E-state index in [9.17, 15) is 4.79 Å². The number of unbranched alkanes of at least 4 members (excludes halogenated alkanes) is 1. The monoisotopic (exact) mass is 304 g/mol. The van der Waals surface area contributed by atoms with Gasteiger partial charge in [-0.2, -0.15) is 0 Å². The molecule has 0 amide bonds. The molecular formula is C16H20N2O2S. The van der Waals surface area contributed by atoms with Gasteiger partial charge < -0.3 is 9.72 Å². The summed E-state index contributed by atoms with van der Waals surface area (Å²) >= 11 is 4.97. The van der Waals surface area contributed by atoms with E-state index in [4.69, 9.17) is 17.0 Å². The van der Waals surface area contributed by atoms with Gasteiger partial charge in [-0.25, -0.2) is 0 Å². The molecule has 1 aromatic carbocycles. The average Bonchev–Trinajstić information content (AvgIpc) is 2.44. The van der Waals surface area contributed by atoms with Crippen LogP contribution in [-0.2, 0) is 6.42 Å². The van der Waals surface area contributed by atoms with Gasteiger partial charge in [0.1, 0.15) is 5.75 Å².